The van der Waals surface area contributed by atoms with Crippen molar-refractivity contribution < 1.29 is 4.79 Å². The Kier molecular flexibility index (Phi) is 4.91. The first-order valence-electron chi connectivity index (χ1n) is 7.97. The molecule has 1 aliphatic heterocycles. The van der Waals surface area contributed by atoms with Crippen LogP contribution < -0.4 is 0 Å². The summed E-state index contributed by atoms with van der Waals surface area (Å²) >= 11 is 6.20. The number of piperidine rings is 1. The number of aryl methyl sites for hydroxylation is 1. The third-order valence-corrected chi connectivity index (χ3v) is 4.38. The molecule has 7 heteroatoms. The van der Waals surface area contributed by atoms with Crippen LogP contribution in [0.15, 0.2) is 24.8 Å². The minimum Gasteiger partial charge on any atom is -0.337 e. The molecule has 122 valence electrons. The lowest BCUT2D eigenvalue weighted by atomic mass is 9.94. The van der Waals surface area contributed by atoms with Gasteiger partial charge in [-0.25, -0.2) is 9.97 Å². The van der Waals surface area contributed by atoms with Crippen molar-refractivity contribution >= 4 is 17.5 Å². The fourth-order valence-electron chi connectivity index (χ4n) is 2.98. The first kappa shape index (κ1) is 15.9. The molecule has 2 aromatic heterocycles. The molecule has 3 rings (SSSR count). The maximum atomic E-state index is 12.7. The van der Waals surface area contributed by atoms with Gasteiger partial charge in [0, 0.05) is 43.6 Å². The third kappa shape index (κ3) is 3.52. The van der Waals surface area contributed by atoms with E-state index in [9.17, 15) is 4.79 Å². The van der Waals surface area contributed by atoms with Crippen molar-refractivity contribution in [3.8, 4) is 0 Å². The molecule has 0 saturated carbocycles. The van der Waals surface area contributed by atoms with E-state index < -0.39 is 0 Å². The monoisotopic (exact) mass is 333 g/mol. The van der Waals surface area contributed by atoms with Gasteiger partial charge in [0.2, 0.25) is 0 Å². The Morgan fingerprint density at radius 2 is 2.35 bits per heavy atom. The maximum Gasteiger partial charge on any atom is 0.275 e. The van der Waals surface area contributed by atoms with Crippen LogP contribution >= 0.6 is 11.6 Å². The molecule has 0 aromatic carbocycles. The van der Waals surface area contributed by atoms with Crippen LogP contribution in [0.3, 0.4) is 0 Å². The van der Waals surface area contributed by atoms with Crippen LogP contribution in [0.2, 0.25) is 5.02 Å². The van der Waals surface area contributed by atoms with Crippen molar-refractivity contribution in [2.24, 2.45) is 0 Å². The van der Waals surface area contributed by atoms with E-state index in [1.165, 1.54) is 0 Å². The lowest BCUT2D eigenvalue weighted by molar-refractivity contribution is 0.0699. The summed E-state index contributed by atoms with van der Waals surface area (Å²) in [5.41, 5.74) is 1.34. The van der Waals surface area contributed by atoms with Gasteiger partial charge < -0.3 is 4.90 Å². The minimum atomic E-state index is -0.0939. The number of hydrogen-bond acceptors (Lipinski definition) is 4. The fraction of sp³-hybridized carbons (Fsp3) is 0.500. The summed E-state index contributed by atoms with van der Waals surface area (Å²) in [6.07, 6.45) is 7.95. The summed E-state index contributed by atoms with van der Waals surface area (Å²) in [6, 6.07) is 1.92. The van der Waals surface area contributed by atoms with E-state index in [2.05, 4.69) is 22.0 Å². The number of aromatic nitrogens is 4. The summed E-state index contributed by atoms with van der Waals surface area (Å²) in [7, 11) is 0. The average molecular weight is 334 g/mol. The second kappa shape index (κ2) is 7.08. The second-order valence-electron chi connectivity index (χ2n) is 5.81. The number of amides is 1. The Hall–Kier alpha value is -1.95. The van der Waals surface area contributed by atoms with Crippen molar-refractivity contribution in [3.05, 3.63) is 41.2 Å². The molecule has 2 aromatic rings. The molecule has 0 aliphatic carbocycles. The van der Waals surface area contributed by atoms with E-state index in [-0.39, 0.29) is 11.8 Å². The summed E-state index contributed by atoms with van der Waals surface area (Å²) < 4.78 is 1.74. The largest absolute Gasteiger partial charge is 0.337 e. The Labute approximate surface area is 140 Å². The lowest BCUT2D eigenvalue weighted by Gasteiger charge is -2.32. The molecule has 3 heterocycles. The van der Waals surface area contributed by atoms with E-state index in [0.29, 0.717) is 17.3 Å². The van der Waals surface area contributed by atoms with Crippen molar-refractivity contribution in [1.29, 1.82) is 0 Å². The van der Waals surface area contributed by atoms with Gasteiger partial charge in [-0.15, -0.1) is 0 Å². The van der Waals surface area contributed by atoms with Crippen LogP contribution in [0.25, 0.3) is 0 Å². The van der Waals surface area contributed by atoms with Gasteiger partial charge in [0.25, 0.3) is 5.91 Å². The number of halogens is 1. The normalized spacial score (nSPS) is 18.2. The van der Waals surface area contributed by atoms with Crippen LogP contribution in [0, 0.1) is 0 Å². The molecule has 1 fully saturated rings. The number of nitrogens with zero attached hydrogens (tertiary/aromatic N) is 5. The highest BCUT2D eigenvalue weighted by Crippen LogP contribution is 2.27. The van der Waals surface area contributed by atoms with Gasteiger partial charge in [-0.1, -0.05) is 18.5 Å². The Morgan fingerprint density at radius 1 is 1.48 bits per heavy atom. The topological polar surface area (TPSA) is 63.9 Å². The first-order valence-corrected chi connectivity index (χ1v) is 8.35. The Balaban J connectivity index is 1.74. The number of carbonyl (C=O) groups excluding carboxylic acids is 1. The van der Waals surface area contributed by atoms with Gasteiger partial charge in [-0.05, 0) is 25.3 Å². The molecule has 0 unspecified atom stereocenters. The summed E-state index contributed by atoms with van der Waals surface area (Å²) in [6.45, 7) is 4.20. The van der Waals surface area contributed by atoms with Crippen molar-refractivity contribution in [2.75, 3.05) is 13.1 Å². The minimum absolute atomic E-state index is 0.0939. The Bertz CT molecular complexity index is 672. The molecule has 0 bridgehead atoms. The highest BCUT2D eigenvalue weighted by molar-refractivity contribution is 6.33. The van der Waals surface area contributed by atoms with Crippen LogP contribution in [-0.2, 0) is 6.54 Å². The quantitative estimate of drug-likeness (QED) is 0.863. The molecule has 0 radical (unpaired) electrons. The van der Waals surface area contributed by atoms with E-state index in [4.69, 9.17) is 11.6 Å². The van der Waals surface area contributed by atoms with Gasteiger partial charge in [0.1, 0.15) is 6.33 Å². The fourth-order valence-corrected chi connectivity index (χ4v) is 3.21. The van der Waals surface area contributed by atoms with Gasteiger partial charge in [0.15, 0.2) is 5.69 Å². The molecule has 6 nitrogen and oxygen atoms in total. The van der Waals surface area contributed by atoms with Crippen LogP contribution in [0.1, 0.15) is 48.3 Å². The van der Waals surface area contributed by atoms with Crippen molar-refractivity contribution in [3.63, 3.8) is 0 Å². The average Bonchev–Trinajstić information content (AvgIpc) is 2.96. The van der Waals surface area contributed by atoms with Gasteiger partial charge in [0.05, 0.1) is 5.02 Å². The van der Waals surface area contributed by atoms with E-state index >= 15 is 0 Å². The predicted octanol–water partition coefficient (Wildman–Crippen LogP) is 2.76. The van der Waals surface area contributed by atoms with Crippen LogP contribution in [-0.4, -0.2) is 43.6 Å². The summed E-state index contributed by atoms with van der Waals surface area (Å²) in [5, 5.41) is 4.76. The molecular weight excluding hydrogens is 314 g/mol. The molecule has 0 N–H and O–H groups in total. The highest BCUT2D eigenvalue weighted by Gasteiger charge is 2.28. The van der Waals surface area contributed by atoms with Gasteiger partial charge in [-0.3, -0.25) is 9.48 Å². The molecule has 1 amide bonds. The van der Waals surface area contributed by atoms with Gasteiger partial charge in [-0.2, -0.15) is 5.10 Å². The molecule has 0 spiro atoms. The zero-order valence-corrected chi connectivity index (χ0v) is 13.9. The predicted molar refractivity (Wildman–Crippen MR) is 87.4 cm³/mol. The lowest BCUT2D eigenvalue weighted by Crippen LogP contribution is -2.39. The number of carbonyl (C=O) groups is 1. The third-order valence-electron chi connectivity index (χ3n) is 4.10. The van der Waals surface area contributed by atoms with Gasteiger partial charge >= 0.3 is 0 Å². The SMILES string of the molecule is CCCn1cc(Cl)c(C(=O)N2CCC[C@@H](c3ccncn3)C2)n1. The smallest absolute Gasteiger partial charge is 0.275 e. The van der Waals surface area contributed by atoms with E-state index in [1.807, 2.05) is 11.0 Å². The number of hydrogen-bond donors (Lipinski definition) is 0. The number of rotatable bonds is 4. The van der Waals surface area contributed by atoms with E-state index in [1.54, 1.807) is 23.4 Å². The standard InChI is InChI=1S/C16H20ClN5O/c1-2-7-22-10-13(17)15(20-22)16(23)21-8-3-4-12(9-21)14-5-6-18-11-19-14/h5-6,10-12H,2-4,7-9H2,1H3/t12-/m1/s1. The zero-order valence-electron chi connectivity index (χ0n) is 13.2. The highest BCUT2D eigenvalue weighted by atomic mass is 35.5. The summed E-state index contributed by atoms with van der Waals surface area (Å²) in [4.78, 5) is 22.9. The molecule has 23 heavy (non-hydrogen) atoms. The van der Waals surface area contributed by atoms with Crippen molar-refractivity contribution in [2.45, 2.75) is 38.6 Å². The Morgan fingerprint density at radius 3 is 3.09 bits per heavy atom. The van der Waals surface area contributed by atoms with Crippen molar-refractivity contribution in [1.82, 2.24) is 24.6 Å². The first-order chi connectivity index (χ1) is 11.2. The van der Waals surface area contributed by atoms with E-state index in [0.717, 1.165) is 38.0 Å². The maximum absolute atomic E-state index is 12.7. The van der Waals surface area contributed by atoms with Crippen LogP contribution in [0.4, 0.5) is 0 Å². The zero-order chi connectivity index (χ0) is 16.2. The molecule has 1 atom stereocenters. The summed E-state index contributed by atoms with van der Waals surface area (Å²) in [5.74, 6) is 0.149. The molecular formula is C16H20ClN5O. The number of likely N-dealkylation sites (tertiary alicyclic amines) is 1. The molecule has 1 saturated heterocycles. The molecule has 1 aliphatic rings. The second-order valence-corrected chi connectivity index (χ2v) is 6.22. The van der Waals surface area contributed by atoms with Crippen LogP contribution in [0.5, 0.6) is 0 Å².